The fourth-order valence-corrected chi connectivity index (χ4v) is 4.91. The van der Waals surface area contributed by atoms with Crippen molar-refractivity contribution >= 4 is 39.8 Å². The lowest BCUT2D eigenvalue weighted by Gasteiger charge is -2.20. The fourth-order valence-electron chi connectivity index (χ4n) is 3.81. The van der Waals surface area contributed by atoms with Crippen LogP contribution in [0.2, 0.25) is 0 Å². The quantitative estimate of drug-likeness (QED) is 0.618. The zero-order valence-corrected chi connectivity index (χ0v) is 19.8. The molecule has 0 bridgehead atoms. The molecular weight excluding hydrogens is 422 g/mol. The van der Waals surface area contributed by atoms with Crippen molar-refractivity contribution in [2.75, 3.05) is 6.61 Å². The van der Waals surface area contributed by atoms with Gasteiger partial charge in [-0.25, -0.2) is 0 Å². The van der Waals surface area contributed by atoms with E-state index < -0.39 is 5.91 Å². The van der Waals surface area contributed by atoms with Gasteiger partial charge in [0.05, 0.1) is 12.2 Å². The van der Waals surface area contributed by atoms with E-state index in [1.807, 2.05) is 51.1 Å². The molecule has 0 unspecified atom stereocenters. The number of fused-ring (bicyclic) bond motifs is 1. The number of carbonyl (C=O) groups excluding carboxylic acids is 1. The minimum absolute atomic E-state index is 0.0668. The van der Waals surface area contributed by atoms with E-state index in [4.69, 9.17) is 10.1 Å². The number of hydrogen-bond acceptors (Lipinski definition) is 5. The van der Waals surface area contributed by atoms with Gasteiger partial charge < -0.3 is 9.30 Å². The number of aromatic nitrogens is 1. The van der Waals surface area contributed by atoms with Crippen molar-refractivity contribution < 1.29 is 9.53 Å². The van der Waals surface area contributed by atoms with Crippen molar-refractivity contribution in [1.29, 1.82) is 5.41 Å². The first kappa shape index (κ1) is 22.1. The van der Waals surface area contributed by atoms with E-state index in [0.717, 1.165) is 39.9 Å². The molecule has 0 fully saturated rings. The molecule has 1 aromatic carbocycles. The first-order valence-corrected chi connectivity index (χ1v) is 11.5. The van der Waals surface area contributed by atoms with Gasteiger partial charge >= 0.3 is 0 Å². The van der Waals surface area contributed by atoms with Crippen LogP contribution in [0.5, 0.6) is 5.75 Å². The van der Waals surface area contributed by atoms with Crippen LogP contribution in [-0.2, 0) is 4.79 Å². The molecule has 1 aromatic heterocycles. The molecular formula is C24H27N5O2S. The van der Waals surface area contributed by atoms with E-state index in [1.54, 1.807) is 6.08 Å². The minimum atomic E-state index is -0.402. The average molecular weight is 450 g/mol. The number of amidine groups is 2. The van der Waals surface area contributed by atoms with Crippen LogP contribution < -0.4 is 4.74 Å². The Kier molecular flexibility index (Phi) is 6.06. The monoisotopic (exact) mass is 449 g/mol. The number of nitrogens with zero attached hydrogens (tertiary/aromatic N) is 4. The van der Waals surface area contributed by atoms with Crippen LogP contribution in [-0.4, -0.2) is 38.1 Å². The van der Waals surface area contributed by atoms with Crippen LogP contribution >= 0.6 is 11.8 Å². The highest BCUT2D eigenvalue weighted by Crippen LogP contribution is 2.31. The van der Waals surface area contributed by atoms with Crippen LogP contribution in [0.25, 0.3) is 11.8 Å². The summed E-state index contributed by atoms with van der Waals surface area (Å²) < 4.78 is 7.66. The normalized spacial score (nSPS) is 17.2. The number of thioether (sulfide) groups is 1. The molecule has 4 rings (SSSR count). The van der Waals surface area contributed by atoms with E-state index in [1.165, 1.54) is 16.8 Å². The Labute approximate surface area is 192 Å². The Morgan fingerprint density at radius 3 is 2.59 bits per heavy atom. The second-order valence-electron chi connectivity index (χ2n) is 8.20. The second-order valence-corrected chi connectivity index (χ2v) is 9.24. The predicted molar refractivity (Wildman–Crippen MR) is 131 cm³/mol. The molecule has 0 aliphatic carbocycles. The summed E-state index contributed by atoms with van der Waals surface area (Å²) in [6, 6.07) is 9.94. The third-order valence-corrected chi connectivity index (χ3v) is 6.19. The number of ether oxygens (including phenoxy) is 1. The number of benzene rings is 1. The molecule has 0 radical (unpaired) electrons. The summed E-state index contributed by atoms with van der Waals surface area (Å²) >= 11 is 1.37. The predicted octanol–water partition coefficient (Wildman–Crippen LogP) is 5.16. The number of aliphatic imine (C=N–C) groups is 1. The summed E-state index contributed by atoms with van der Waals surface area (Å²) in [6.45, 7) is 10.8. The van der Waals surface area contributed by atoms with Crippen molar-refractivity contribution in [3.05, 3.63) is 52.9 Å². The molecule has 0 saturated heterocycles. The summed E-state index contributed by atoms with van der Waals surface area (Å²) in [7, 11) is 0. The largest absolute Gasteiger partial charge is 0.494 e. The molecule has 7 nitrogen and oxygen atoms in total. The lowest BCUT2D eigenvalue weighted by Crippen LogP contribution is -2.35. The fraction of sp³-hybridized carbons (Fsp3) is 0.333. The number of carbonyl (C=O) groups is 1. The van der Waals surface area contributed by atoms with E-state index in [-0.39, 0.29) is 11.4 Å². The summed E-state index contributed by atoms with van der Waals surface area (Å²) in [6.07, 6.45) is 2.54. The van der Waals surface area contributed by atoms with Crippen molar-refractivity contribution in [1.82, 2.24) is 9.58 Å². The van der Waals surface area contributed by atoms with Gasteiger partial charge in [-0.3, -0.25) is 10.2 Å². The molecule has 1 amide bonds. The number of rotatable bonds is 6. The molecule has 2 aromatic rings. The summed E-state index contributed by atoms with van der Waals surface area (Å²) in [4.78, 5) is 16.9. The van der Waals surface area contributed by atoms with Gasteiger partial charge in [0.25, 0.3) is 5.91 Å². The third kappa shape index (κ3) is 4.14. The van der Waals surface area contributed by atoms with Gasteiger partial charge in [0.1, 0.15) is 10.8 Å². The van der Waals surface area contributed by atoms with Crippen LogP contribution in [0.4, 0.5) is 0 Å². The van der Waals surface area contributed by atoms with E-state index in [9.17, 15) is 4.79 Å². The molecule has 32 heavy (non-hydrogen) atoms. The number of hydrogen-bond donors (Lipinski definition) is 1. The van der Waals surface area contributed by atoms with Crippen molar-refractivity contribution in [3.8, 4) is 11.4 Å². The van der Waals surface area contributed by atoms with Gasteiger partial charge in [-0.15, -0.1) is 0 Å². The molecule has 0 saturated carbocycles. The van der Waals surface area contributed by atoms with Crippen LogP contribution in [0.1, 0.15) is 44.1 Å². The van der Waals surface area contributed by atoms with E-state index in [2.05, 4.69) is 28.5 Å². The van der Waals surface area contributed by atoms with Gasteiger partial charge in [-0.05, 0) is 80.4 Å². The minimum Gasteiger partial charge on any atom is -0.494 e. The molecule has 8 heteroatoms. The van der Waals surface area contributed by atoms with Crippen LogP contribution in [0, 0.1) is 25.2 Å². The maximum absolute atomic E-state index is 12.7. The molecule has 1 N–H and O–H groups in total. The first-order chi connectivity index (χ1) is 15.3. The maximum Gasteiger partial charge on any atom is 0.283 e. The smallest absolute Gasteiger partial charge is 0.283 e. The molecule has 0 spiro atoms. The standard InChI is InChI=1S/C24H27N5O2S/c1-6-31-19-9-7-18(8-10-19)28-15(4)12-17(16(28)5)13-20-22(25)29-24(26-23(20)30)32-21(27-29)11-14(2)3/h7-10,12-14,25H,6,11H2,1-5H3/b20-13+,25-22?. The highest BCUT2D eigenvalue weighted by Gasteiger charge is 2.35. The SMILES string of the molecule is CCOc1ccc(-n2c(C)cc(/C=C3\C(=N)N4N=C(CC(C)C)SC4=NC3=O)c2C)cc1. The Hall–Kier alpha value is -3.13. The van der Waals surface area contributed by atoms with Gasteiger partial charge in [-0.2, -0.15) is 15.1 Å². The molecule has 2 aliphatic rings. The zero-order chi connectivity index (χ0) is 23.0. The molecule has 2 aliphatic heterocycles. The van der Waals surface area contributed by atoms with Gasteiger partial charge in [0.15, 0.2) is 5.84 Å². The topological polar surface area (TPSA) is 83.0 Å². The lowest BCUT2D eigenvalue weighted by molar-refractivity contribution is -0.114. The Morgan fingerprint density at radius 1 is 1.22 bits per heavy atom. The van der Waals surface area contributed by atoms with Gasteiger partial charge in [-0.1, -0.05) is 13.8 Å². The Morgan fingerprint density at radius 2 is 1.94 bits per heavy atom. The van der Waals surface area contributed by atoms with Crippen molar-refractivity contribution in [3.63, 3.8) is 0 Å². The van der Waals surface area contributed by atoms with Gasteiger partial charge in [0, 0.05) is 23.5 Å². The summed E-state index contributed by atoms with van der Waals surface area (Å²) in [5, 5.41) is 15.9. The summed E-state index contributed by atoms with van der Waals surface area (Å²) in [5.74, 6) is 0.936. The Balaban J connectivity index is 1.66. The van der Waals surface area contributed by atoms with Gasteiger partial charge in [0.2, 0.25) is 5.17 Å². The summed E-state index contributed by atoms with van der Waals surface area (Å²) in [5.41, 5.74) is 4.15. The van der Waals surface area contributed by atoms with Crippen molar-refractivity contribution in [2.45, 2.75) is 41.0 Å². The number of amides is 1. The number of hydrazone groups is 1. The molecule has 0 atom stereocenters. The lowest BCUT2D eigenvalue weighted by atomic mass is 10.1. The molecule has 3 heterocycles. The average Bonchev–Trinajstić information content (AvgIpc) is 3.25. The van der Waals surface area contributed by atoms with E-state index in [0.29, 0.717) is 17.7 Å². The zero-order valence-electron chi connectivity index (χ0n) is 19.0. The third-order valence-electron chi connectivity index (χ3n) is 5.26. The maximum atomic E-state index is 12.7. The Bertz CT molecular complexity index is 1170. The highest BCUT2D eigenvalue weighted by molar-refractivity contribution is 8.26. The first-order valence-electron chi connectivity index (χ1n) is 10.7. The van der Waals surface area contributed by atoms with Crippen molar-refractivity contribution in [2.24, 2.45) is 16.0 Å². The van der Waals surface area contributed by atoms with E-state index >= 15 is 0 Å². The van der Waals surface area contributed by atoms with Crippen LogP contribution in [0.3, 0.4) is 0 Å². The number of nitrogens with one attached hydrogen (secondary N) is 1. The second kappa shape index (κ2) is 8.78. The number of aryl methyl sites for hydroxylation is 1. The molecule has 166 valence electrons. The highest BCUT2D eigenvalue weighted by atomic mass is 32.2. The van der Waals surface area contributed by atoms with Crippen LogP contribution in [0.15, 0.2) is 46.0 Å².